The van der Waals surface area contributed by atoms with Crippen LogP contribution in [0.5, 0.6) is 0 Å². The summed E-state index contributed by atoms with van der Waals surface area (Å²) in [6.45, 7) is 3.64. The van der Waals surface area contributed by atoms with Gasteiger partial charge in [-0.3, -0.25) is 14.4 Å². The molecule has 1 aromatic carbocycles. The lowest BCUT2D eigenvalue weighted by Crippen LogP contribution is -2.32. The van der Waals surface area contributed by atoms with Crippen LogP contribution >= 0.6 is 0 Å². The Morgan fingerprint density at radius 2 is 2.17 bits per heavy atom. The molecule has 2 N–H and O–H groups in total. The molecule has 1 aromatic rings. The van der Waals surface area contributed by atoms with Crippen LogP contribution in [0.25, 0.3) is 0 Å². The lowest BCUT2D eigenvalue weighted by Gasteiger charge is -2.18. The van der Waals surface area contributed by atoms with E-state index in [0.29, 0.717) is 37.4 Å². The van der Waals surface area contributed by atoms with Crippen LogP contribution in [-0.4, -0.2) is 42.3 Å². The van der Waals surface area contributed by atoms with Crippen LogP contribution < -0.4 is 10.6 Å². The lowest BCUT2D eigenvalue weighted by atomic mass is 10.00. The van der Waals surface area contributed by atoms with Crippen molar-refractivity contribution in [3.8, 4) is 0 Å². The molecule has 1 saturated heterocycles. The summed E-state index contributed by atoms with van der Waals surface area (Å²) in [5.74, 6) is 0.326. The van der Waals surface area contributed by atoms with Gasteiger partial charge in [-0.05, 0) is 42.5 Å². The van der Waals surface area contributed by atoms with Crippen LogP contribution in [-0.2, 0) is 16.0 Å². The van der Waals surface area contributed by atoms with Crippen molar-refractivity contribution in [2.75, 3.05) is 25.0 Å². The largest absolute Gasteiger partial charge is 0.352 e. The molecule has 3 rings (SSSR count). The zero-order valence-corrected chi connectivity index (χ0v) is 13.2. The van der Waals surface area contributed by atoms with Crippen molar-refractivity contribution in [1.29, 1.82) is 0 Å². The Bertz CT molecular complexity index is 656. The quantitative estimate of drug-likeness (QED) is 0.879. The summed E-state index contributed by atoms with van der Waals surface area (Å²) < 4.78 is 0. The molecule has 1 atom stereocenters. The average Bonchev–Trinajstić information content (AvgIpc) is 3.01. The van der Waals surface area contributed by atoms with Gasteiger partial charge in [0, 0.05) is 44.2 Å². The molecule has 0 saturated carbocycles. The Morgan fingerprint density at radius 3 is 2.91 bits per heavy atom. The van der Waals surface area contributed by atoms with E-state index >= 15 is 0 Å². The zero-order chi connectivity index (χ0) is 16.4. The first-order chi connectivity index (χ1) is 11.0. The number of rotatable bonds is 3. The molecule has 1 fully saturated rings. The first-order valence-electron chi connectivity index (χ1n) is 7.99. The number of hydrogen-bond donors (Lipinski definition) is 2. The molecule has 2 aliphatic rings. The Morgan fingerprint density at radius 1 is 1.35 bits per heavy atom. The van der Waals surface area contributed by atoms with Crippen molar-refractivity contribution < 1.29 is 14.4 Å². The van der Waals surface area contributed by atoms with Gasteiger partial charge < -0.3 is 15.5 Å². The summed E-state index contributed by atoms with van der Waals surface area (Å²) in [6, 6.07) is 5.37. The molecular formula is C17H21N3O3. The van der Waals surface area contributed by atoms with E-state index in [9.17, 15) is 14.4 Å². The third kappa shape index (κ3) is 3.52. The van der Waals surface area contributed by atoms with Crippen molar-refractivity contribution in [2.45, 2.75) is 26.2 Å². The Balaban J connectivity index is 1.57. The second kappa shape index (κ2) is 6.40. The summed E-state index contributed by atoms with van der Waals surface area (Å²) in [5, 5.41) is 5.76. The van der Waals surface area contributed by atoms with Gasteiger partial charge in [-0.25, -0.2) is 0 Å². The fourth-order valence-electron chi connectivity index (χ4n) is 3.15. The third-order valence-electron chi connectivity index (χ3n) is 4.55. The molecule has 0 radical (unpaired) electrons. The maximum absolute atomic E-state index is 12.3. The monoisotopic (exact) mass is 315 g/mol. The smallest absolute Gasteiger partial charge is 0.251 e. The van der Waals surface area contributed by atoms with Crippen LogP contribution in [0.15, 0.2) is 18.2 Å². The number of anilines is 1. The van der Waals surface area contributed by atoms with Crippen molar-refractivity contribution in [3.05, 3.63) is 29.3 Å². The van der Waals surface area contributed by atoms with Gasteiger partial charge in [-0.1, -0.05) is 0 Å². The van der Waals surface area contributed by atoms with Gasteiger partial charge in [-0.2, -0.15) is 0 Å². The molecule has 2 aliphatic heterocycles. The van der Waals surface area contributed by atoms with Crippen molar-refractivity contribution in [2.24, 2.45) is 5.92 Å². The SMILES string of the molecule is CC(=O)N1CCC(CNC(=O)c2ccc3c(c2)CCC(=O)N3)C1. The predicted molar refractivity (Wildman–Crippen MR) is 86.1 cm³/mol. The van der Waals surface area contributed by atoms with Crippen molar-refractivity contribution >= 4 is 23.4 Å². The molecule has 3 amide bonds. The van der Waals surface area contributed by atoms with Crippen LogP contribution in [0.4, 0.5) is 5.69 Å². The minimum atomic E-state index is -0.106. The maximum Gasteiger partial charge on any atom is 0.251 e. The molecule has 1 unspecified atom stereocenters. The van der Waals surface area contributed by atoms with E-state index in [-0.39, 0.29) is 17.7 Å². The first kappa shape index (κ1) is 15.5. The van der Waals surface area contributed by atoms with E-state index in [1.165, 1.54) is 0 Å². The second-order valence-electron chi connectivity index (χ2n) is 6.25. The number of aryl methyl sites for hydroxylation is 1. The zero-order valence-electron chi connectivity index (χ0n) is 13.2. The van der Waals surface area contributed by atoms with E-state index in [1.807, 2.05) is 11.0 Å². The molecule has 122 valence electrons. The normalized spacial score (nSPS) is 20.0. The van der Waals surface area contributed by atoms with Crippen LogP contribution in [0.3, 0.4) is 0 Å². The van der Waals surface area contributed by atoms with E-state index in [0.717, 1.165) is 24.2 Å². The van der Waals surface area contributed by atoms with Crippen LogP contribution in [0.1, 0.15) is 35.7 Å². The summed E-state index contributed by atoms with van der Waals surface area (Å²) >= 11 is 0. The number of likely N-dealkylation sites (tertiary alicyclic amines) is 1. The molecular weight excluding hydrogens is 294 g/mol. The van der Waals surface area contributed by atoms with Gasteiger partial charge in [-0.15, -0.1) is 0 Å². The van der Waals surface area contributed by atoms with Gasteiger partial charge in [0.05, 0.1) is 0 Å². The number of hydrogen-bond acceptors (Lipinski definition) is 3. The topological polar surface area (TPSA) is 78.5 Å². The number of carbonyl (C=O) groups excluding carboxylic acids is 3. The van der Waals surface area contributed by atoms with Crippen molar-refractivity contribution in [1.82, 2.24) is 10.2 Å². The summed E-state index contributed by atoms with van der Waals surface area (Å²) in [6.07, 6.45) is 2.05. The second-order valence-corrected chi connectivity index (χ2v) is 6.25. The number of nitrogens with zero attached hydrogens (tertiary/aromatic N) is 1. The molecule has 0 bridgehead atoms. The van der Waals surface area contributed by atoms with E-state index in [2.05, 4.69) is 10.6 Å². The fourth-order valence-corrected chi connectivity index (χ4v) is 3.15. The van der Waals surface area contributed by atoms with Gasteiger partial charge in [0.25, 0.3) is 5.91 Å². The predicted octanol–water partition coefficient (Wildman–Crippen LogP) is 1.17. The molecule has 2 heterocycles. The molecule has 6 heteroatoms. The molecule has 6 nitrogen and oxygen atoms in total. The minimum Gasteiger partial charge on any atom is -0.352 e. The first-order valence-corrected chi connectivity index (χ1v) is 7.99. The van der Waals surface area contributed by atoms with E-state index < -0.39 is 0 Å². The summed E-state index contributed by atoms with van der Waals surface area (Å²) in [4.78, 5) is 36.8. The Labute approximate surface area is 135 Å². The Kier molecular flexibility index (Phi) is 4.32. The Hall–Kier alpha value is -2.37. The molecule has 0 aromatic heterocycles. The minimum absolute atomic E-state index is 0.0194. The van der Waals surface area contributed by atoms with E-state index in [4.69, 9.17) is 0 Å². The lowest BCUT2D eigenvalue weighted by molar-refractivity contribution is -0.127. The number of benzene rings is 1. The van der Waals surface area contributed by atoms with Crippen molar-refractivity contribution in [3.63, 3.8) is 0 Å². The highest BCUT2D eigenvalue weighted by Crippen LogP contribution is 2.23. The molecule has 23 heavy (non-hydrogen) atoms. The van der Waals surface area contributed by atoms with Gasteiger partial charge in [0.1, 0.15) is 0 Å². The summed E-state index contributed by atoms with van der Waals surface area (Å²) in [5.41, 5.74) is 2.41. The van der Waals surface area contributed by atoms with Crippen LogP contribution in [0.2, 0.25) is 0 Å². The molecule has 0 spiro atoms. The van der Waals surface area contributed by atoms with Gasteiger partial charge in [0.2, 0.25) is 11.8 Å². The maximum atomic E-state index is 12.3. The highest BCUT2D eigenvalue weighted by atomic mass is 16.2. The van der Waals surface area contributed by atoms with E-state index in [1.54, 1.807) is 19.1 Å². The highest BCUT2D eigenvalue weighted by Gasteiger charge is 2.24. The number of amides is 3. The third-order valence-corrected chi connectivity index (χ3v) is 4.55. The van der Waals surface area contributed by atoms with Gasteiger partial charge >= 0.3 is 0 Å². The molecule has 0 aliphatic carbocycles. The average molecular weight is 315 g/mol. The fraction of sp³-hybridized carbons (Fsp3) is 0.471. The van der Waals surface area contributed by atoms with Gasteiger partial charge in [0.15, 0.2) is 0 Å². The number of carbonyl (C=O) groups is 3. The summed E-state index contributed by atoms with van der Waals surface area (Å²) in [7, 11) is 0. The number of fused-ring (bicyclic) bond motifs is 1. The number of nitrogens with one attached hydrogen (secondary N) is 2. The standard InChI is InChI=1S/C17H21N3O3/c1-11(21)20-7-6-12(10-20)9-18-17(23)14-2-4-15-13(8-14)3-5-16(22)19-15/h2,4,8,12H,3,5-7,9-10H2,1H3,(H,18,23)(H,19,22). The van der Waals surface area contributed by atoms with Crippen LogP contribution in [0, 0.1) is 5.92 Å². The highest BCUT2D eigenvalue weighted by molar-refractivity contribution is 5.97.